The van der Waals surface area contributed by atoms with Crippen LogP contribution in [0.3, 0.4) is 0 Å². The molecule has 2 N–H and O–H groups in total. The summed E-state index contributed by atoms with van der Waals surface area (Å²) >= 11 is 0. The summed E-state index contributed by atoms with van der Waals surface area (Å²) in [5.74, 6) is 0.0670. The van der Waals surface area contributed by atoms with Crippen molar-refractivity contribution < 1.29 is 32.0 Å². The fraction of sp³-hybridized carbons (Fsp3) is 0.323. The van der Waals surface area contributed by atoms with Crippen molar-refractivity contribution in [1.29, 1.82) is 0 Å². The Morgan fingerprint density at radius 1 is 1.02 bits per heavy atom. The van der Waals surface area contributed by atoms with Crippen LogP contribution >= 0.6 is 0 Å². The minimum atomic E-state index is -4.73. The van der Waals surface area contributed by atoms with Gasteiger partial charge < -0.3 is 14.6 Å². The van der Waals surface area contributed by atoms with E-state index in [-0.39, 0.29) is 34.0 Å². The lowest BCUT2D eigenvalue weighted by molar-refractivity contribution is -0.935. The number of carbonyl (C=O) groups is 2. The van der Waals surface area contributed by atoms with Gasteiger partial charge in [-0.15, -0.1) is 13.2 Å². The number of fused-ring (bicyclic) bond motifs is 1. The van der Waals surface area contributed by atoms with Crippen molar-refractivity contribution in [3.05, 3.63) is 83.9 Å². The first-order chi connectivity index (χ1) is 22.2. The SMILES string of the molecule is O=C(Nc1ccc2oc(-c3ccnc(C(=O)N4CCN([C@H](c5ccccc5)c5n[nH][n+](C(F)(F)F)n5)CC4)c3)nc2c1)C1CCC1. The molecule has 7 rings (SSSR count). The molecule has 236 valence electrons. The number of aromatic nitrogens is 6. The molecule has 5 aromatic rings. The number of piperazine rings is 1. The van der Waals surface area contributed by atoms with Crippen LogP contribution in [0.2, 0.25) is 0 Å². The van der Waals surface area contributed by atoms with Crippen molar-refractivity contribution in [2.24, 2.45) is 5.92 Å². The summed E-state index contributed by atoms with van der Waals surface area (Å²) in [6, 6.07) is 17.0. The van der Waals surface area contributed by atoms with Crippen LogP contribution in [0.15, 0.2) is 71.3 Å². The lowest BCUT2D eigenvalue weighted by Crippen LogP contribution is -2.52. The van der Waals surface area contributed by atoms with Crippen LogP contribution in [0.5, 0.6) is 0 Å². The Hall–Kier alpha value is -5.18. The predicted molar refractivity (Wildman–Crippen MR) is 157 cm³/mol. The molecule has 2 fully saturated rings. The Morgan fingerprint density at radius 2 is 1.80 bits per heavy atom. The average Bonchev–Trinajstić information content (AvgIpc) is 3.69. The molecule has 1 saturated heterocycles. The summed E-state index contributed by atoms with van der Waals surface area (Å²) in [5, 5.41) is 12.4. The molecule has 1 saturated carbocycles. The number of alkyl halides is 3. The summed E-state index contributed by atoms with van der Waals surface area (Å²) in [6.45, 7) is 1.37. The van der Waals surface area contributed by atoms with Crippen molar-refractivity contribution in [2.75, 3.05) is 31.5 Å². The van der Waals surface area contributed by atoms with Gasteiger partial charge in [-0.25, -0.2) is 4.98 Å². The molecule has 1 aliphatic heterocycles. The van der Waals surface area contributed by atoms with Gasteiger partial charge in [0, 0.05) is 54.3 Å². The van der Waals surface area contributed by atoms with Gasteiger partial charge in [0.05, 0.1) is 5.10 Å². The molecule has 1 atom stereocenters. The number of amides is 2. The number of aromatic amines is 1. The fourth-order valence-electron chi connectivity index (χ4n) is 5.70. The van der Waals surface area contributed by atoms with Gasteiger partial charge in [-0.2, -0.15) is 0 Å². The van der Waals surface area contributed by atoms with Crippen molar-refractivity contribution in [2.45, 2.75) is 31.6 Å². The van der Waals surface area contributed by atoms with Crippen molar-refractivity contribution in [3.63, 3.8) is 0 Å². The van der Waals surface area contributed by atoms with E-state index in [0.29, 0.717) is 54.4 Å². The molecule has 0 unspecified atom stereocenters. The number of H-pyrrole nitrogens is 1. The molecule has 2 amide bonds. The molecule has 46 heavy (non-hydrogen) atoms. The zero-order chi connectivity index (χ0) is 31.8. The van der Waals surface area contributed by atoms with Gasteiger partial charge in [0.2, 0.25) is 11.8 Å². The van der Waals surface area contributed by atoms with Crippen molar-refractivity contribution in [1.82, 2.24) is 35.2 Å². The number of hydrogen-bond acceptors (Lipinski definition) is 8. The summed E-state index contributed by atoms with van der Waals surface area (Å²) in [7, 11) is 0. The molecule has 3 aromatic heterocycles. The standard InChI is InChI=1S/C31H28F3N9O3/c32-31(33,34)43-39-27(38-40-43)26(19-5-2-1-3-6-19)41-13-15-42(16-14-41)30(45)24-17-21(11-12-35-24)29-37-23-18-22(9-10-25(23)46-29)36-28(44)20-7-4-8-20/h1-3,5-6,9-12,17-18,20,26H,4,7-8,13-16H2,(H,36,44)/p+1/t26-/m1/s1. The van der Waals surface area contributed by atoms with Gasteiger partial charge in [-0.05, 0) is 59.0 Å². The van der Waals surface area contributed by atoms with E-state index in [2.05, 4.69) is 25.5 Å². The number of rotatable bonds is 7. The third-order valence-electron chi connectivity index (χ3n) is 8.39. The van der Waals surface area contributed by atoms with E-state index in [1.165, 1.54) is 6.20 Å². The van der Waals surface area contributed by atoms with Crippen LogP contribution in [0, 0.1) is 5.92 Å². The number of pyridine rings is 1. The first-order valence-corrected chi connectivity index (χ1v) is 14.9. The smallest absolute Gasteiger partial charge is 0.436 e. The summed E-state index contributed by atoms with van der Waals surface area (Å²) in [6.07, 6.45) is -0.329. The zero-order valence-electron chi connectivity index (χ0n) is 24.4. The summed E-state index contributed by atoms with van der Waals surface area (Å²) < 4.78 is 45.7. The number of halogens is 3. The number of carbonyl (C=O) groups excluding carboxylic acids is 2. The van der Waals surface area contributed by atoms with Gasteiger partial charge in [0.1, 0.15) is 17.3 Å². The Kier molecular flexibility index (Phi) is 7.68. The highest BCUT2D eigenvalue weighted by atomic mass is 19.4. The van der Waals surface area contributed by atoms with Crippen molar-refractivity contribution in [3.8, 4) is 11.5 Å². The number of hydrogen-bond donors (Lipinski definition) is 2. The first kappa shape index (κ1) is 29.5. The number of anilines is 1. The molecule has 2 aliphatic rings. The second-order valence-electron chi connectivity index (χ2n) is 11.3. The van der Waals surface area contributed by atoms with Crippen LogP contribution in [0.1, 0.15) is 47.2 Å². The van der Waals surface area contributed by atoms with Crippen LogP contribution < -0.4 is 10.1 Å². The third kappa shape index (κ3) is 5.92. The quantitative estimate of drug-likeness (QED) is 0.257. The molecule has 4 heterocycles. The van der Waals surface area contributed by atoms with Crippen LogP contribution in [0.4, 0.5) is 18.9 Å². The molecule has 1 aliphatic carbocycles. The largest absolute Gasteiger partial charge is 0.606 e. The van der Waals surface area contributed by atoms with E-state index in [1.807, 2.05) is 28.3 Å². The number of oxazole rings is 1. The van der Waals surface area contributed by atoms with Crippen molar-refractivity contribution >= 4 is 28.6 Å². The van der Waals surface area contributed by atoms with Gasteiger partial charge in [0.15, 0.2) is 5.58 Å². The maximum atomic E-state index is 13.5. The molecule has 0 spiro atoms. The number of tetrazole rings is 1. The second-order valence-corrected chi connectivity index (χ2v) is 11.3. The molecular weight excluding hydrogens is 603 g/mol. The van der Waals surface area contributed by atoms with Gasteiger partial charge in [-0.3, -0.25) is 19.5 Å². The van der Waals surface area contributed by atoms with E-state index >= 15 is 0 Å². The maximum Gasteiger partial charge on any atom is 0.606 e. The zero-order valence-corrected chi connectivity index (χ0v) is 24.4. The Bertz CT molecular complexity index is 1880. The minimum Gasteiger partial charge on any atom is -0.436 e. The number of nitrogens with zero attached hydrogens (tertiary/aromatic N) is 7. The Labute approximate surface area is 260 Å². The fourth-order valence-corrected chi connectivity index (χ4v) is 5.70. The second kappa shape index (κ2) is 12.0. The summed E-state index contributed by atoms with van der Waals surface area (Å²) in [5.41, 5.74) is 3.27. The maximum absolute atomic E-state index is 13.5. The van der Waals surface area contributed by atoms with Gasteiger partial charge >= 0.3 is 12.1 Å². The lowest BCUT2D eigenvalue weighted by Gasteiger charge is -2.37. The third-order valence-corrected chi connectivity index (χ3v) is 8.39. The summed E-state index contributed by atoms with van der Waals surface area (Å²) in [4.78, 5) is 38.1. The van der Waals surface area contributed by atoms with Gasteiger partial charge in [-0.1, -0.05) is 36.8 Å². The molecule has 0 radical (unpaired) electrons. The molecular formula is C31H29F3N9O3+. The molecule has 2 aromatic carbocycles. The van der Waals surface area contributed by atoms with E-state index in [0.717, 1.165) is 24.8 Å². The molecule has 15 heteroatoms. The monoisotopic (exact) mass is 632 g/mol. The minimum absolute atomic E-state index is 0.00965. The van der Waals surface area contributed by atoms with Gasteiger partial charge in [0.25, 0.3) is 5.91 Å². The molecule has 12 nitrogen and oxygen atoms in total. The number of nitrogens with one attached hydrogen (secondary N) is 2. The van der Waals surface area contributed by atoms with E-state index in [1.54, 1.807) is 47.4 Å². The predicted octanol–water partition coefficient (Wildman–Crippen LogP) is 4.06. The highest BCUT2D eigenvalue weighted by Gasteiger charge is 2.44. The number of benzene rings is 2. The first-order valence-electron chi connectivity index (χ1n) is 14.9. The van der Waals surface area contributed by atoms with E-state index < -0.39 is 12.3 Å². The average molecular weight is 633 g/mol. The Morgan fingerprint density at radius 3 is 2.50 bits per heavy atom. The van der Waals surface area contributed by atoms with Crippen LogP contribution in [0.25, 0.3) is 22.6 Å². The lowest BCUT2D eigenvalue weighted by atomic mass is 9.85. The Balaban J connectivity index is 1.05. The van der Waals surface area contributed by atoms with Crippen LogP contribution in [-0.4, -0.2) is 73.2 Å². The topological polar surface area (TPSA) is 137 Å². The van der Waals surface area contributed by atoms with E-state index in [4.69, 9.17) is 4.42 Å². The van der Waals surface area contributed by atoms with Crippen LogP contribution in [-0.2, 0) is 11.1 Å². The normalized spacial score (nSPS) is 16.7. The molecule has 0 bridgehead atoms. The highest BCUT2D eigenvalue weighted by molar-refractivity contribution is 5.95. The highest BCUT2D eigenvalue weighted by Crippen LogP contribution is 2.31. The van der Waals surface area contributed by atoms with E-state index in [9.17, 15) is 22.8 Å².